The molecule has 0 aliphatic carbocycles. The maximum absolute atomic E-state index is 12.2. The van der Waals surface area contributed by atoms with Crippen LogP contribution in [0.4, 0.5) is 13.2 Å². The van der Waals surface area contributed by atoms with Crippen molar-refractivity contribution in [2.75, 3.05) is 13.6 Å². The molecule has 0 radical (unpaired) electrons. The van der Waals surface area contributed by atoms with E-state index in [0.29, 0.717) is 6.54 Å². The molecule has 0 bridgehead atoms. The molecule has 0 spiro atoms. The lowest BCUT2D eigenvalue weighted by molar-refractivity contribution is -0.204. The summed E-state index contributed by atoms with van der Waals surface area (Å²) >= 11 is 0. The highest BCUT2D eigenvalue weighted by Crippen LogP contribution is 2.31. The first-order chi connectivity index (χ1) is 14.7. The van der Waals surface area contributed by atoms with Gasteiger partial charge < -0.3 is 14.3 Å². The Morgan fingerprint density at radius 3 is 2.52 bits per heavy atom. The Hall–Kier alpha value is -3.33. The van der Waals surface area contributed by atoms with Gasteiger partial charge >= 0.3 is 12.1 Å². The third-order valence-corrected chi connectivity index (χ3v) is 5.38. The van der Waals surface area contributed by atoms with Crippen LogP contribution in [0.15, 0.2) is 48.5 Å². The van der Waals surface area contributed by atoms with Gasteiger partial charge in [-0.25, -0.2) is 4.79 Å². The molecule has 0 unspecified atom stereocenters. The Morgan fingerprint density at radius 2 is 1.81 bits per heavy atom. The van der Waals surface area contributed by atoms with Gasteiger partial charge in [0, 0.05) is 48.2 Å². The molecule has 4 rings (SSSR count). The van der Waals surface area contributed by atoms with Crippen LogP contribution in [0.3, 0.4) is 0 Å². The molecule has 0 atom stereocenters. The van der Waals surface area contributed by atoms with Gasteiger partial charge in [-0.3, -0.25) is 4.79 Å². The van der Waals surface area contributed by atoms with E-state index >= 15 is 0 Å². The van der Waals surface area contributed by atoms with E-state index in [1.807, 2.05) is 12.1 Å². The number of amides is 1. The minimum Gasteiger partial charge on any atom is -0.340 e. The Morgan fingerprint density at radius 1 is 1.10 bits per heavy atom. The molecule has 1 amide bonds. The van der Waals surface area contributed by atoms with Crippen LogP contribution < -0.4 is 5.48 Å². The van der Waals surface area contributed by atoms with Crippen LogP contribution in [0.1, 0.15) is 27.2 Å². The van der Waals surface area contributed by atoms with Gasteiger partial charge in [0.05, 0.1) is 0 Å². The summed E-state index contributed by atoms with van der Waals surface area (Å²) < 4.78 is 38.7. The summed E-state index contributed by atoms with van der Waals surface area (Å²) in [5, 5.41) is 1.23. The molecule has 0 saturated carbocycles. The third-order valence-electron chi connectivity index (χ3n) is 5.38. The number of nitrogens with one attached hydrogen (secondary N) is 1. The average molecular weight is 431 g/mol. The van der Waals surface area contributed by atoms with Crippen molar-refractivity contribution in [3.05, 3.63) is 70.9 Å². The summed E-state index contributed by atoms with van der Waals surface area (Å²) in [7, 11) is 2.10. The van der Waals surface area contributed by atoms with Gasteiger partial charge in [-0.05, 0) is 36.4 Å². The van der Waals surface area contributed by atoms with Crippen LogP contribution in [0.2, 0.25) is 0 Å². The van der Waals surface area contributed by atoms with Gasteiger partial charge in [0.25, 0.3) is 5.91 Å². The fourth-order valence-corrected chi connectivity index (χ4v) is 3.87. The highest BCUT2D eigenvalue weighted by Gasteiger charge is 2.42. The van der Waals surface area contributed by atoms with Crippen LogP contribution in [-0.2, 0) is 29.1 Å². The van der Waals surface area contributed by atoms with E-state index in [2.05, 4.69) is 33.5 Å². The van der Waals surface area contributed by atoms with E-state index < -0.39 is 18.1 Å². The molecule has 0 saturated heterocycles. The number of hydrogen-bond acceptors (Lipinski definition) is 4. The summed E-state index contributed by atoms with van der Waals surface area (Å²) in [4.78, 5) is 28.7. The number of carbonyl (C=O) groups is 2. The predicted octanol–water partition coefficient (Wildman–Crippen LogP) is 3.43. The molecule has 6 nitrogen and oxygen atoms in total. The predicted molar refractivity (Wildman–Crippen MR) is 107 cm³/mol. The number of alkyl halides is 3. The number of likely N-dealkylation sites (N-methyl/N-ethyl adjacent to an activating group) is 1. The van der Waals surface area contributed by atoms with Gasteiger partial charge in [0.1, 0.15) is 0 Å². The molecule has 1 N–H and O–H groups in total. The minimum atomic E-state index is -5.18. The third kappa shape index (κ3) is 4.27. The van der Waals surface area contributed by atoms with E-state index in [1.165, 1.54) is 34.3 Å². The zero-order valence-electron chi connectivity index (χ0n) is 16.7. The lowest BCUT2D eigenvalue weighted by atomic mass is 10.1. The smallest absolute Gasteiger partial charge is 0.340 e. The van der Waals surface area contributed by atoms with Crippen molar-refractivity contribution >= 4 is 22.8 Å². The second kappa shape index (κ2) is 8.07. The van der Waals surface area contributed by atoms with Crippen molar-refractivity contribution in [2.24, 2.45) is 0 Å². The van der Waals surface area contributed by atoms with Crippen LogP contribution in [-0.4, -0.2) is 41.1 Å². The molecular weight excluding hydrogens is 411 g/mol. The largest absolute Gasteiger partial charge is 0.493 e. The quantitative estimate of drug-likeness (QED) is 0.646. The number of carbonyl (C=O) groups excluding carboxylic acids is 2. The first kappa shape index (κ1) is 20.9. The summed E-state index contributed by atoms with van der Waals surface area (Å²) in [5.74, 6) is -3.41. The normalized spacial score (nSPS) is 14.3. The molecular formula is C22H20F3N3O3. The Labute approximate surface area is 176 Å². The number of halogens is 3. The number of aromatic nitrogens is 1. The lowest BCUT2D eigenvalue weighted by Crippen LogP contribution is -2.34. The maximum Gasteiger partial charge on any atom is 0.493 e. The van der Waals surface area contributed by atoms with Crippen LogP contribution in [0.5, 0.6) is 0 Å². The number of benzene rings is 2. The number of fused-ring (bicyclic) bond motifs is 3. The van der Waals surface area contributed by atoms with Gasteiger partial charge in [0.15, 0.2) is 0 Å². The van der Waals surface area contributed by atoms with Crippen molar-refractivity contribution in [1.82, 2.24) is 14.9 Å². The first-order valence-corrected chi connectivity index (χ1v) is 9.69. The van der Waals surface area contributed by atoms with Crippen molar-refractivity contribution < 1.29 is 27.6 Å². The molecule has 3 aromatic rings. The number of hydroxylamine groups is 1. The van der Waals surface area contributed by atoms with E-state index in [1.54, 1.807) is 12.1 Å². The average Bonchev–Trinajstić information content (AvgIpc) is 3.04. The van der Waals surface area contributed by atoms with Crippen LogP contribution in [0.25, 0.3) is 10.9 Å². The Kier molecular flexibility index (Phi) is 5.45. The van der Waals surface area contributed by atoms with E-state index in [0.717, 1.165) is 30.6 Å². The standard InChI is InChI=1S/C22H20F3N3O3/c1-27-11-10-19-17(13-27)16-4-2-3-5-18(16)28(19)12-14-6-8-15(9-7-14)20(29)26-31-21(30)22(23,24)25/h2-9H,10-13H2,1H3,(H,26,29). The molecule has 1 aliphatic heterocycles. The first-order valence-electron chi connectivity index (χ1n) is 9.69. The van der Waals surface area contributed by atoms with Gasteiger partial charge in [-0.2, -0.15) is 18.7 Å². The summed E-state index contributed by atoms with van der Waals surface area (Å²) in [6, 6.07) is 14.7. The lowest BCUT2D eigenvalue weighted by Gasteiger charge is -2.24. The molecule has 1 aromatic heterocycles. The van der Waals surface area contributed by atoms with Crippen molar-refractivity contribution in [3.8, 4) is 0 Å². The second-order valence-corrected chi connectivity index (χ2v) is 7.53. The molecule has 1 aliphatic rings. The molecule has 2 heterocycles. The monoisotopic (exact) mass is 431 g/mol. The van der Waals surface area contributed by atoms with E-state index in [4.69, 9.17) is 0 Å². The van der Waals surface area contributed by atoms with Crippen molar-refractivity contribution in [2.45, 2.75) is 25.7 Å². The Bertz CT molecular complexity index is 1140. The number of nitrogens with zero attached hydrogens (tertiary/aromatic N) is 2. The Balaban J connectivity index is 1.52. The van der Waals surface area contributed by atoms with E-state index in [9.17, 15) is 22.8 Å². The SMILES string of the molecule is CN1CCc2c(c3ccccc3n2Cc2ccc(C(=O)NOC(=O)C(F)(F)F)cc2)C1. The molecule has 162 valence electrons. The van der Waals surface area contributed by atoms with Gasteiger partial charge in [0.2, 0.25) is 0 Å². The number of rotatable bonds is 3. The maximum atomic E-state index is 12.2. The molecule has 2 aromatic carbocycles. The molecule has 9 heteroatoms. The molecule has 31 heavy (non-hydrogen) atoms. The van der Waals surface area contributed by atoms with Gasteiger partial charge in [-0.15, -0.1) is 0 Å². The fourth-order valence-electron chi connectivity index (χ4n) is 3.87. The van der Waals surface area contributed by atoms with E-state index in [-0.39, 0.29) is 5.56 Å². The summed E-state index contributed by atoms with van der Waals surface area (Å²) in [6.07, 6.45) is -4.24. The summed E-state index contributed by atoms with van der Waals surface area (Å²) in [6.45, 7) is 2.46. The minimum absolute atomic E-state index is 0.0831. The highest BCUT2D eigenvalue weighted by molar-refractivity contribution is 5.94. The highest BCUT2D eigenvalue weighted by atomic mass is 19.4. The van der Waals surface area contributed by atoms with Crippen LogP contribution in [0, 0.1) is 0 Å². The topological polar surface area (TPSA) is 63.6 Å². The number of hydrogen-bond donors (Lipinski definition) is 1. The second-order valence-electron chi connectivity index (χ2n) is 7.53. The van der Waals surface area contributed by atoms with Crippen molar-refractivity contribution in [1.29, 1.82) is 0 Å². The molecule has 0 fully saturated rings. The van der Waals surface area contributed by atoms with Gasteiger partial charge in [-0.1, -0.05) is 30.3 Å². The number of para-hydroxylation sites is 1. The fraction of sp³-hybridized carbons (Fsp3) is 0.273. The summed E-state index contributed by atoms with van der Waals surface area (Å²) in [5.41, 5.74) is 6.30. The van der Waals surface area contributed by atoms with Crippen molar-refractivity contribution in [3.63, 3.8) is 0 Å². The zero-order chi connectivity index (χ0) is 22.2. The zero-order valence-corrected chi connectivity index (χ0v) is 16.7. The van der Waals surface area contributed by atoms with Crippen LogP contribution >= 0.6 is 0 Å².